The zero-order valence-corrected chi connectivity index (χ0v) is 19.1. The zero-order chi connectivity index (χ0) is 22.0. The normalized spacial score (nSPS) is 14.3. The molecule has 0 fully saturated rings. The van der Waals surface area contributed by atoms with Crippen LogP contribution in [0.3, 0.4) is 0 Å². The fraction of sp³-hybridized carbons (Fsp3) is 0.0345. The van der Waals surface area contributed by atoms with Crippen molar-refractivity contribution in [3.05, 3.63) is 131 Å². The fourth-order valence-electron chi connectivity index (χ4n) is 5.46. The predicted octanol–water partition coefficient (Wildman–Crippen LogP) is 7.62. The topological polar surface area (TPSA) is 25.8 Å². The number of aromatic nitrogens is 2. The van der Waals surface area contributed by atoms with Crippen molar-refractivity contribution in [2.75, 3.05) is 0 Å². The molecule has 4 aromatic carbocycles. The predicted molar refractivity (Wildman–Crippen MR) is 134 cm³/mol. The molecule has 156 valence electrons. The summed E-state index contributed by atoms with van der Waals surface area (Å²) in [5.41, 5.74) is 8.47. The van der Waals surface area contributed by atoms with E-state index in [2.05, 4.69) is 101 Å². The van der Waals surface area contributed by atoms with Gasteiger partial charge < -0.3 is 0 Å². The van der Waals surface area contributed by atoms with Crippen LogP contribution in [0.4, 0.5) is 0 Å². The van der Waals surface area contributed by atoms with Crippen LogP contribution in [-0.4, -0.2) is 9.97 Å². The lowest BCUT2D eigenvalue weighted by Crippen LogP contribution is -2.32. The van der Waals surface area contributed by atoms with Gasteiger partial charge in [-0.1, -0.05) is 96.2 Å². The molecular formula is C29H17ClN2S. The molecule has 2 aliphatic rings. The molecule has 0 unspecified atom stereocenters. The zero-order valence-electron chi connectivity index (χ0n) is 17.5. The van der Waals surface area contributed by atoms with E-state index in [9.17, 15) is 0 Å². The molecule has 0 bridgehead atoms. The molecule has 5 aromatic rings. The van der Waals surface area contributed by atoms with Gasteiger partial charge in [0.2, 0.25) is 0 Å². The van der Waals surface area contributed by atoms with Crippen molar-refractivity contribution in [1.82, 2.24) is 9.97 Å². The van der Waals surface area contributed by atoms with Gasteiger partial charge in [0.1, 0.15) is 0 Å². The van der Waals surface area contributed by atoms with Gasteiger partial charge in [-0.15, -0.1) is 0 Å². The van der Waals surface area contributed by atoms with Gasteiger partial charge in [0, 0.05) is 27.7 Å². The number of benzene rings is 4. The second kappa shape index (κ2) is 7.05. The minimum Gasteiger partial charge on any atom is -0.235 e. The van der Waals surface area contributed by atoms with Crippen LogP contribution >= 0.6 is 23.4 Å². The number of hydrogen-bond acceptors (Lipinski definition) is 3. The summed E-state index contributed by atoms with van der Waals surface area (Å²) in [6.45, 7) is 0. The van der Waals surface area contributed by atoms with Crippen LogP contribution in [-0.2, 0) is 5.41 Å². The molecule has 0 atom stereocenters. The van der Waals surface area contributed by atoms with Crippen LogP contribution in [0.2, 0.25) is 5.02 Å². The number of hydrogen-bond donors (Lipinski definition) is 0. The van der Waals surface area contributed by atoms with Gasteiger partial charge >= 0.3 is 0 Å². The summed E-state index contributed by atoms with van der Waals surface area (Å²) in [6, 6.07) is 33.1. The second-order valence-corrected chi connectivity index (χ2v) is 9.90. The molecule has 0 saturated heterocycles. The Kier molecular flexibility index (Phi) is 4.08. The van der Waals surface area contributed by atoms with E-state index in [4.69, 9.17) is 11.6 Å². The van der Waals surface area contributed by atoms with Crippen molar-refractivity contribution in [2.45, 2.75) is 15.2 Å². The largest absolute Gasteiger partial charge is 0.235 e. The van der Waals surface area contributed by atoms with Crippen LogP contribution in [0.1, 0.15) is 22.3 Å². The minimum atomic E-state index is -0.382. The van der Waals surface area contributed by atoms with Crippen molar-refractivity contribution in [2.24, 2.45) is 0 Å². The highest BCUT2D eigenvalue weighted by molar-refractivity contribution is 7.99. The summed E-state index contributed by atoms with van der Waals surface area (Å²) in [6.07, 6.45) is 3.31. The molecule has 0 radical (unpaired) electrons. The van der Waals surface area contributed by atoms with E-state index in [0.717, 1.165) is 5.56 Å². The highest BCUT2D eigenvalue weighted by Gasteiger charge is 2.50. The summed E-state index contributed by atoms with van der Waals surface area (Å²) in [7, 11) is 0. The third-order valence-corrected chi connectivity index (χ3v) is 8.07. The number of fused-ring (bicyclic) bond motifs is 9. The number of nitrogens with zero attached hydrogens (tertiary/aromatic N) is 2. The molecule has 1 aromatic heterocycles. The molecule has 1 aliphatic heterocycles. The SMILES string of the molecule is Clc1cnc(-c2ccc3c(c2)C2(c4ccccc4S3)c3ccccc3-c3ccccc32)nc1. The first-order valence-corrected chi connectivity index (χ1v) is 12.1. The van der Waals surface area contributed by atoms with Crippen molar-refractivity contribution >= 4 is 23.4 Å². The average Bonchev–Trinajstić information content (AvgIpc) is 3.16. The van der Waals surface area contributed by atoms with Crippen LogP contribution in [0.5, 0.6) is 0 Å². The Morgan fingerprint density at radius 1 is 0.606 bits per heavy atom. The van der Waals surface area contributed by atoms with Gasteiger partial charge in [-0.2, -0.15) is 0 Å². The standard InChI is InChI=1S/C29H17ClN2S/c30-19-16-31-28(32-17-19)18-13-14-27-25(15-18)29(24-11-5-6-12-26(24)33-27)22-9-3-1-7-20(22)21-8-2-4-10-23(21)29/h1-17H. The van der Waals surface area contributed by atoms with Gasteiger partial charge in [-0.05, 0) is 51.6 Å². The Labute approximate surface area is 201 Å². The lowest BCUT2D eigenvalue weighted by molar-refractivity contribution is 0.722. The maximum atomic E-state index is 6.05. The van der Waals surface area contributed by atoms with Crippen LogP contribution in [0, 0.1) is 0 Å². The van der Waals surface area contributed by atoms with E-state index in [1.54, 1.807) is 12.4 Å². The molecule has 1 aliphatic carbocycles. The molecule has 1 spiro atoms. The Balaban J connectivity index is 1.61. The van der Waals surface area contributed by atoms with E-state index in [1.165, 1.54) is 43.2 Å². The first-order chi connectivity index (χ1) is 16.3. The summed E-state index contributed by atoms with van der Waals surface area (Å²) in [4.78, 5) is 11.6. The van der Waals surface area contributed by atoms with Crippen molar-refractivity contribution in [3.63, 3.8) is 0 Å². The van der Waals surface area contributed by atoms with Crippen LogP contribution in [0.15, 0.2) is 113 Å². The van der Waals surface area contributed by atoms with E-state index < -0.39 is 0 Å². The molecule has 0 amide bonds. The lowest BCUT2D eigenvalue weighted by Gasteiger charge is -2.39. The van der Waals surface area contributed by atoms with Gasteiger partial charge in [-0.3, -0.25) is 0 Å². The fourth-order valence-corrected chi connectivity index (χ4v) is 6.73. The van der Waals surface area contributed by atoms with Crippen molar-refractivity contribution in [3.8, 4) is 22.5 Å². The van der Waals surface area contributed by atoms with Gasteiger partial charge in [0.05, 0.1) is 10.4 Å². The van der Waals surface area contributed by atoms with E-state index in [1.807, 2.05) is 11.8 Å². The quantitative estimate of drug-likeness (QED) is 0.252. The highest BCUT2D eigenvalue weighted by atomic mass is 35.5. The maximum absolute atomic E-state index is 6.05. The van der Waals surface area contributed by atoms with E-state index in [0.29, 0.717) is 10.8 Å². The average molecular weight is 461 g/mol. The summed E-state index contributed by atoms with van der Waals surface area (Å²) >= 11 is 7.89. The van der Waals surface area contributed by atoms with Gasteiger partial charge in [0.25, 0.3) is 0 Å². The number of rotatable bonds is 1. The van der Waals surface area contributed by atoms with Gasteiger partial charge in [-0.25, -0.2) is 9.97 Å². The molecule has 4 heteroatoms. The highest BCUT2D eigenvalue weighted by Crippen LogP contribution is 2.62. The Morgan fingerprint density at radius 3 is 1.88 bits per heavy atom. The molecule has 33 heavy (non-hydrogen) atoms. The van der Waals surface area contributed by atoms with Gasteiger partial charge in [0.15, 0.2) is 5.82 Å². The molecule has 0 N–H and O–H groups in total. The van der Waals surface area contributed by atoms with E-state index in [-0.39, 0.29) is 5.41 Å². The monoisotopic (exact) mass is 460 g/mol. The Bertz CT molecular complexity index is 1510. The summed E-state index contributed by atoms with van der Waals surface area (Å²) in [5.74, 6) is 0.681. The summed E-state index contributed by atoms with van der Waals surface area (Å²) < 4.78 is 0. The van der Waals surface area contributed by atoms with Crippen LogP contribution in [0.25, 0.3) is 22.5 Å². The first-order valence-electron chi connectivity index (χ1n) is 10.9. The van der Waals surface area contributed by atoms with Crippen LogP contribution < -0.4 is 0 Å². The number of halogens is 1. The second-order valence-electron chi connectivity index (χ2n) is 8.38. The molecule has 2 heterocycles. The Hall–Kier alpha value is -3.40. The Morgan fingerprint density at radius 2 is 1.18 bits per heavy atom. The third-order valence-electron chi connectivity index (χ3n) is 6.73. The lowest BCUT2D eigenvalue weighted by atomic mass is 9.67. The van der Waals surface area contributed by atoms with Crippen molar-refractivity contribution in [1.29, 1.82) is 0 Å². The maximum Gasteiger partial charge on any atom is 0.159 e. The van der Waals surface area contributed by atoms with E-state index >= 15 is 0 Å². The van der Waals surface area contributed by atoms with Crippen molar-refractivity contribution < 1.29 is 0 Å². The minimum absolute atomic E-state index is 0.382. The first kappa shape index (κ1) is 19.1. The molecule has 0 saturated carbocycles. The molecular weight excluding hydrogens is 444 g/mol. The molecule has 7 rings (SSSR count). The third kappa shape index (κ3) is 2.58. The molecule has 2 nitrogen and oxygen atoms in total. The summed E-state index contributed by atoms with van der Waals surface area (Å²) in [5, 5.41) is 0.538. The smallest absolute Gasteiger partial charge is 0.159 e.